The summed E-state index contributed by atoms with van der Waals surface area (Å²) in [5, 5.41) is 12.1. The first-order valence-electron chi connectivity index (χ1n) is 15.1. The highest BCUT2D eigenvalue weighted by molar-refractivity contribution is 7.16. The predicted molar refractivity (Wildman–Crippen MR) is 105 cm³/mol. The van der Waals surface area contributed by atoms with Gasteiger partial charge in [0.2, 0.25) is 0 Å². The minimum absolute atomic E-state index is 0.104. The minimum atomic E-state index is -3.60. The van der Waals surface area contributed by atoms with Crippen molar-refractivity contribution < 1.29 is 30.5 Å². The number of likely N-dealkylation sites (tertiary alicyclic amines) is 1. The number of carbonyl (C=O) groups excluding carboxylic acids is 1. The number of nitrogens with one attached hydrogen (secondary N) is 1. The van der Waals surface area contributed by atoms with E-state index in [0.29, 0.717) is 4.57 Å². The number of pyridine rings is 1. The molecule has 3 rings (SSSR count). The molecule has 26 heavy (non-hydrogen) atoms. The van der Waals surface area contributed by atoms with Crippen LogP contribution in [0.25, 0.3) is 10.2 Å². The monoisotopic (exact) mass is 392 g/mol. The van der Waals surface area contributed by atoms with Crippen LogP contribution in [0.2, 0.25) is 1.41 Å². The number of amides is 1. The molecule has 1 amide bonds. The van der Waals surface area contributed by atoms with E-state index in [1.165, 1.54) is 11.4 Å². The van der Waals surface area contributed by atoms with E-state index in [0.717, 1.165) is 18.3 Å². The standard InChI is InChI=1S/C19H27N3O3S/c1-13(2)22-18(25)15(16(23)14-7-12-26-19(14)22)17(24)20-8-6-11-21-9-4-3-5-10-21/h7,12-13,23H,3-6,8-11H2,1-2H3,(H,20,24)/i1D3,3D2,4D2,5D2,9D2,10D2,13D/hD. The molecule has 0 aromatic carbocycles. The number of thiophene rings is 1. The van der Waals surface area contributed by atoms with E-state index in [2.05, 4.69) is 0 Å². The molecule has 0 radical (unpaired) electrons. The second-order valence-corrected chi connectivity index (χ2v) is 6.27. The van der Waals surface area contributed by atoms with Crippen LogP contribution in [0.3, 0.4) is 0 Å². The van der Waals surface area contributed by atoms with Crippen LogP contribution in [0.4, 0.5) is 0 Å². The van der Waals surface area contributed by atoms with Crippen LogP contribution in [0.15, 0.2) is 16.2 Å². The molecular formula is C19H27N3O3S. The number of piperidine rings is 1. The van der Waals surface area contributed by atoms with Gasteiger partial charge in [-0.1, -0.05) is 6.37 Å². The Balaban J connectivity index is 1.95. The third-order valence-corrected chi connectivity index (χ3v) is 4.51. The Kier molecular flexibility index (Phi) is 2.42. The number of aromatic hydroxyl groups is 1. The zero-order valence-electron chi connectivity index (χ0n) is 28.8. The van der Waals surface area contributed by atoms with Crippen LogP contribution in [-0.2, 0) is 0 Å². The molecule has 2 aromatic rings. The van der Waals surface area contributed by atoms with Crippen molar-refractivity contribution in [2.45, 2.75) is 45.3 Å². The molecule has 1 unspecified atom stereocenters. The molecule has 0 saturated carbocycles. The molecule has 1 saturated heterocycles. The van der Waals surface area contributed by atoms with Crippen LogP contribution in [0.5, 0.6) is 5.75 Å². The van der Waals surface area contributed by atoms with Crippen LogP contribution < -0.4 is 10.9 Å². The summed E-state index contributed by atoms with van der Waals surface area (Å²) in [5.41, 5.74) is -2.38. The Morgan fingerprint density at radius 1 is 1.54 bits per heavy atom. The molecular weight excluding hydrogens is 350 g/mol. The van der Waals surface area contributed by atoms with Gasteiger partial charge in [-0.3, -0.25) is 14.2 Å². The lowest BCUT2D eigenvalue weighted by atomic mass is 10.1. The highest BCUT2D eigenvalue weighted by atomic mass is 32.1. The summed E-state index contributed by atoms with van der Waals surface area (Å²) in [6.07, 6.45) is -11.2. The third kappa shape index (κ3) is 3.78. The van der Waals surface area contributed by atoms with E-state index in [4.69, 9.17) is 20.6 Å². The maximum atomic E-state index is 13.3. The van der Waals surface area contributed by atoms with Crippen molar-refractivity contribution >= 4 is 27.5 Å². The first kappa shape index (κ1) is 7.64. The number of rotatable bonds is 6. The molecule has 7 heteroatoms. The zero-order chi connectivity index (χ0) is 31.9. The topological polar surface area (TPSA) is 74.6 Å². The van der Waals surface area contributed by atoms with E-state index in [1.807, 2.05) is 0 Å². The first-order valence-corrected chi connectivity index (χ1v) is 8.55. The lowest BCUT2D eigenvalue weighted by Gasteiger charge is -2.26. The van der Waals surface area contributed by atoms with Crippen molar-refractivity contribution in [3.8, 4) is 5.75 Å². The average molecular weight is 393 g/mol. The zero-order valence-corrected chi connectivity index (χ0v) is 14.6. The maximum absolute atomic E-state index is 13.3. The van der Waals surface area contributed by atoms with Gasteiger partial charge in [0, 0.05) is 30.4 Å². The highest BCUT2D eigenvalue weighted by Crippen LogP contribution is 2.31. The molecule has 3 heterocycles. The molecule has 0 spiro atoms. The van der Waals surface area contributed by atoms with Crippen molar-refractivity contribution in [1.82, 2.24) is 14.8 Å². The number of carbonyl (C=O) groups is 1. The van der Waals surface area contributed by atoms with Gasteiger partial charge in [-0.2, -0.15) is 0 Å². The summed E-state index contributed by atoms with van der Waals surface area (Å²) in [5.74, 6) is -2.29. The normalized spacial score (nSPS) is 36.6. The summed E-state index contributed by atoms with van der Waals surface area (Å²) in [4.78, 5) is 26.5. The van der Waals surface area contributed by atoms with Crippen molar-refractivity contribution in [3.63, 3.8) is 0 Å². The molecule has 6 nitrogen and oxygen atoms in total. The highest BCUT2D eigenvalue weighted by Gasteiger charge is 2.23. The molecule has 0 aliphatic carbocycles. The molecule has 1 aliphatic heterocycles. The van der Waals surface area contributed by atoms with E-state index >= 15 is 0 Å². The Hall–Kier alpha value is -1.86. The molecule has 1 atom stereocenters. The lowest BCUT2D eigenvalue weighted by Crippen LogP contribution is -2.36. The Morgan fingerprint density at radius 3 is 3.04 bits per heavy atom. The average Bonchev–Trinajstić information content (AvgIpc) is 3.28. The van der Waals surface area contributed by atoms with Gasteiger partial charge in [-0.15, -0.1) is 11.3 Å². The van der Waals surface area contributed by atoms with Gasteiger partial charge in [-0.05, 0) is 63.9 Å². The van der Waals surface area contributed by atoms with E-state index in [-0.39, 0.29) is 20.4 Å². The Morgan fingerprint density at radius 2 is 2.31 bits per heavy atom. The minimum Gasteiger partial charge on any atom is -0.506 e. The molecule has 1 fully saturated rings. The van der Waals surface area contributed by atoms with Crippen molar-refractivity contribution in [2.75, 3.05) is 26.1 Å². The number of aromatic nitrogens is 1. The molecule has 142 valence electrons. The van der Waals surface area contributed by atoms with Gasteiger partial charge < -0.3 is 15.3 Å². The fourth-order valence-electron chi connectivity index (χ4n) is 2.44. The van der Waals surface area contributed by atoms with E-state index < -0.39 is 87.3 Å². The van der Waals surface area contributed by atoms with Gasteiger partial charge >= 0.3 is 0 Å². The number of nitrogens with zero attached hydrogens (tertiary/aromatic N) is 2. The van der Waals surface area contributed by atoms with Crippen LogP contribution >= 0.6 is 11.3 Å². The SMILES string of the molecule is [2H]N(CCCN1C([2H])([2H])C([2H])([2H])C([2H])([2H])C([2H])([2H])C1([2H])[2H])C(=O)c1c(O)c2ccsc2n(C([2H])(C)C([2H])([2H])[2H])c1=O. The maximum Gasteiger partial charge on any atom is 0.268 e. The van der Waals surface area contributed by atoms with Gasteiger partial charge in [0.15, 0.2) is 1.41 Å². The molecule has 0 bridgehead atoms. The van der Waals surface area contributed by atoms with Crippen molar-refractivity contribution in [1.29, 1.82) is 0 Å². The summed E-state index contributed by atoms with van der Waals surface area (Å²) < 4.78 is 120. The second kappa shape index (κ2) is 8.22. The Labute approximate surface area is 178 Å². The summed E-state index contributed by atoms with van der Waals surface area (Å²) in [6, 6.07) is -1.30. The number of hydrogen-bond donors (Lipinski definition) is 2. The number of fused-ring (bicyclic) bond motifs is 1. The van der Waals surface area contributed by atoms with Gasteiger partial charge in [0.1, 0.15) is 16.1 Å². The summed E-state index contributed by atoms with van der Waals surface area (Å²) in [6.45, 7) is -10.4. The van der Waals surface area contributed by atoms with Crippen LogP contribution in [0, 0.1) is 0 Å². The van der Waals surface area contributed by atoms with E-state index in [9.17, 15) is 14.7 Å². The fourth-order valence-corrected chi connectivity index (χ4v) is 3.39. The predicted octanol–water partition coefficient (Wildman–Crippen LogP) is 2.96. The van der Waals surface area contributed by atoms with Crippen molar-refractivity contribution in [2.24, 2.45) is 0 Å². The largest absolute Gasteiger partial charge is 0.506 e. The molecule has 2 N–H and O–H groups in total. The quantitative estimate of drug-likeness (QED) is 0.793. The fraction of sp³-hybridized carbons (Fsp3) is 0.579. The second-order valence-electron chi connectivity index (χ2n) is 5.38. The van der Waals surface area contributed by atoms with Gasteiger partial charge in [0.25, 0.3) is 11.5 Å². The smallest absolute Gasteiger partial charge is 0.268 e. The lowest BCUT2D eigenvalue weighted by molar-refractivity contribution is 0.0946. The van der Waals surface area contributed by atoms with Gasteiger partial charge in [-0.25, -0.2) is 0 Å². The summed E-state index contributed by atoms with van der Waals surface area (Å²) in [7, 11) is 0. The molecule has 1 aliphatic rings. The van der Waals surface area contributed by atoms with Gasteiger partial charge in [0.05, 0.1) is 6.76 Å². The first-order chi connectivity index (χ1) is 18.2. The molecule has 2 aromatic heterocycles. The summed E-state index contributed by atoms with van der Waals surface area (Å²) >= 11 is 0.839. The third-order valence-electron chi connectivity index (χ3n) is 3.61. The van der Waals surface area contributed by atoms with E-state index in [1.54, 1.807) is 0 Å². The van der Waals surface area contributed by atoms with Crippen molar-refractivity contribution in [3.05, 3.63) is 27.4 Å². The van der Waals surface area contributed by atoms with Crippen LogP contribution in [-0.4, -0.2) is 46.6 Å². The van der Waals surface area contributed by atoms with Crippen LogP contribution in [0.1, 0.15) is 74.9 Å². The Bertz CT molecular complexity index is 1390. The number of hydrogen-bond acceptors (Lipinski definition) is 5.